The summed E-state index contributed by atoms with van der Waals surface area (Å²) in [6, 6.07) is 9.80. The van der Waals surface area contributed by atoms with E-state index in [2.05, 4.69) is 20.7 Å². The summed E-state index contributed by atoms with van der Waals surface area (Å²) in [6.45, 7) is 0.599. The zero-order valence-electron chi connectivity index (χ0n) is 15.0. The molecule has 7 heteroatoms. The van der Waals surface area contributed by atoms with Crippen LogP contribution >= 0.6 is 11.6 Å². The predicted molar refractivity (Wildman–Crippen MR) is 106 cm³/mol. The van der Waals surface area contributed by atoms with E-state index < -0.39 is 0 Å². The molecule has 0 bridgehead atoms. The van der Waals surface area contributed by atoms with Crippen molar-refractivity contribution in [2.75, 3.05) is 5.32 Å². The normalized spacial score (nSPS) is 15.0. The number of nitrogens with zero attached hydrogens (tertiary/aromatic N) is 3. The molecule has 4 rings (SSSR count). The number of rotatable bonds is 5. The molecule has 2 heterocycles. The van der Waals surface area contributed by atoms with E-state index in [0.29, 0.717) is 22.9 Å². The number of carbonyl (C=O) groups excluding carboxylic acids is 1. The number of aromatic nitrogens is 3. The molecule has 1 amide bonds. The molecule has 2 N–H and O–H groups in total. The fourth-order valence-corrected chi connectivity index (χ4v) is 3.73. The summed E-state index contributed by atoms with van der Waals surface area (Å²) in [7, 11) is 0. The van der Waals surface area contributed by atoms with Crippen LogP contribution < -0.4 is 10.6 Å². The molecule has 1 fully saturated rings. The maximum absolute atomic E-state index is 12.7. The standard InChI is InChI=1S/C20H22ClN5O/c21-15-6-4-5-14(9-15)11-22-19-10-18-17(12-24-26(18)13-23-19)20(27)25-16-7-2-1-3-8-16/h4-6,9-10,12-13,16,22H,1-3,7-8,11H2,(H,25,27). The fraction of sp³-hybridized carbons (Fsp3) is 0.350. The topological polar surface area (TPSA) is 71.3 Å². The highest BCUT2D eigenvalue weighted by Crippen LogP contribution is 2.20. The van der Waals surface area contributed by atoms with Crippen molar-refractivity contribution >= 4 is 28.8 Å². The van der Waals surface area contributed by atoms with Crippen LogP contribution in [0, 0.1) is 0 Å². The third-order valence-corrected chi connectivity index (χ3v) is 5.20. The zero-order chi connectivity index (χ0) is 18.6. The lowest BCUT2D eigenvalue weighted by atomic mass is 9.95. The van der Waals surface area contributed by atoms with Crippen molar-refractivity contribution in [1.29, 1.82) is 0 Å². The van der Waals surface area contributed by atoms with Gasteiger partial charge in [-0.1, -0.05) is 43.0 Å². The molecule has 2 aromatic heterocycles. The first-order chi connectivity index (χ1) is 13.2. The molecular weight excluding hydrogens is 362 g/mol. The van der Waals surface area contributed by atoms with Crippen molar-refractivity contribution in [3.05, 3.63) is 59.0 Å². The summed E-state index contributed by atoms with van der Waals surface area (Å²) in [6.07, 6.45) is 8.96. The van der Waals surface area contributed by atoms with Gasteiger partial charge in [0.1, 0.15) is 12.1 Å². The van der Waals surface area contributed by atoms with Gasteiger partial charge in [-0.2, -0.15) is 5.10 Å². The number of carbonyl (C=O) groups is 1. The van der Waals surface area contributed by atoms with Crippen molar-refractivity contribution < 1.29 is 4.79 Å². The van der Waals surface area contributed by atoms with Crippen LogP contribution in [-0.4, -0.2) is 26.5 Å². The van der Waals surface area contributed by atoms with Crippen molar-refractivity contribution in [2.24, 2.45) is 0 Å². The number of anilines is 1. The van der Waals surface area contributed by atoms with Gasteiger partial charge in [-0.25, -0.2) is 9.50 Å². The van der Waals surface area contributed by atoms with Crippen LogP contribution in [0.4, 0.5) is 5.82 Å². The average molecular weight is 384 g/mol. The van der Waals surface area contributed by atoms with Crippen molar-refractivity contribution in [1.82, 2.24) is 19.9 Å². The molecule has 27 heavy (non-hydrogen) atoms. The van der Waals surface area contributed by atoms with Gasteiger partial charge in [0.25, 0.3) is 5.91 Å². The first-order valence-corrected chi connectivity index (χ1v) is 9.69. The lowest BCUT2D eigenvalue weighted by Crippen LogP contribution is -2.36. The Morgan fingerprint density at radius 2 is 2.07 bits per heavy atom. The Morgan fingerprint density at radius 1 is 1.22 bits per heavy atom. The van der Waals surface area contributed by atoms with Gasteiger partial charge in [-0.15, -0.1) is 0 Å². The van der Waals surface area contributed by atoms with Gasteiger partial charge in [0.05, 0.1) is 17.3 Å². The number of hydrogen-bond acceptors (Lipinski definition) is 4. The number of fused-ring (bicyclic) bond motifs is 1. The highest BCUT2D eigenvalue weighted by Gasteiger charge is 2.19. The van der Waals surface area contributed by atoms with E-state index in [4.69, 9.17) is 11.6 Å². The van der Waals surface area contributed by atoms with Crippen LogP contribution in [0.15, 0.2) is 42.9 Å². The molecule has 6 nitrogen and oxygen atoms in total. The smallest absolute Gasteiger partial charge is 0.255 e. The average Bonchev–Trinajstić information content (AvgIpc) is 3.10. The van der Waals surface area contributed by atoms with E-state index in [1.165, 1.54) is 19.3 Å². The van der Waals surface area contributed by atoms with Gasteiger partial charge >= 0.3 is 0 Å². The van der Waals surface area contributed by atoms with Crippen molar-refractivity contribution in [2.45, 2.75) is 44.7 Å². The Morgan fingerprint density at radius 3 is 2.89 bits per heavy atom. The second-order valence-electron chi connectivity index (χ2n) is 6.95. The minimum atomic E-state index is -0.0658. The molecular formula is C20H22ClN5O. The molecule has 140 valence electrons. The maximum Gasteiger partial charge on any atom is 0.255 e. The molecule has 0 aliphatic heterocycles. The van der Waals surface area contributed by atoms with Crippen LogP contribution in [0.1, 0.15) is 48.0 Å². The SMILES string of the molecule is O=C(NC1CCCCC1)c1cnn2cnc(NCc3cccc(Cl)c3)cc12. The van der Waals surface area contributed by atoms with Crippen LogP contribution in [0.5, 0.6) is 0 Å². The van der Waals surface area contributed by atoms with E-state index >= 15 is 0 Å². The van der Waals surface area contributed by atoms with Crippen molar-refractivity contribution in [3.8, 4) is 0 Å². The third-order valence-electron chi connectivity index (χ3n) is 4.96. The highest BCUT2D eigenvalue weighted by atomic mass is 35.5. The fourth-order valence-electron chi connectivity index (χ4n) is 3.51. The largest absolute Gasteiger partial charge is 0.366 e. The quantitative estimate of drug-likeness (QED) is 0.697. The Bertz CT molecular complexity index is 948. The van der Waals surface area contributed by atoms with E-state index in [9.17, 15) is 4.79 Å². The number of nitrogens with one attached hydrogen (secondary N) is 2. The Hall–Kier alpha value is -2.60. The lowest BCUT2D eigenvalue weighted by Gasteiger charge is -2.22. The zero-order valence-corrected chi connectivity index (χ0v) is 15.7. The van der Waals surface area contributed by atoms with Crippen LogP contribution in [0.2, 0.25) is 5.02 Å². The van der Waals surface area contributed by atoms with Gasteiger partial charge < -0.3 is 10.6 Å². The Balaban J connectivity index is 1.49. The van der Waals surface area contributed by atoms with Gasteiger partial charge in [0.15, 0.2) is 0 Å². The maximum atomic E-state index is 12.7. The molecule has 0 spiro atoms. The summed E-state index contributed by atoms with van der Waals surface area (Å²) in [5.41, 5.74) is 2.38. The summed E-state index contributed by atoms with van der Waals surface area (Å²) in [5, 5.41) is 11.4. The van der Waals surface area contributed by atoms with E-state index in [1.54, 1.807) is 17.0 Å². The van der Waals surface area contributed by atoms with E-state index in [-0.39, 0.29) is 11.9 Å². The molecule has 1 aliphatic rings. The van der Waals surface area contributed by atoms with E-state index in [1.807, 2.05) is 30.3 Å². The van der Waals surface area contributed by atoms with Crippen molar-refractivity contribution in [3.63, 3.8) is 0 Å². The second kappa shape index (κ2) is 7.96. The third kappa shape index (κ3) is 4.22. The minimum Gasteiger partial charge on any atom is -0.366 e. The molecule has 1 aromatic carbocycles. The van der Waals surface area contributed by atoms with Crippen LogP contribution in [-0.2, 0) is 6.54 Å². The summed E-state index contributed by atoms with van der Waals surface area (Å²) < 4.78 is 1.63. The second-order valence-corrected chi connectivity index (χ2v) is 7.39. The summed E-state index contributed by atoms with van der Waals surface area (Å²) in [4.78, 5) is 17.1. The van der Waals surface area contributed by atoms with Crippen LogP contribution in [0.25, 0.3) is 5.52 Å². The Labute approximate surface area is 162 Å². The number of benzene rings is 1. The van der Waals surface area contributed by atoms with Gasteiger partial charge in [-0.05, 0) is 30.5 Å². The highest BCUT2D eigenvalue weighted by molar-refractivity contribution is 6.30. The number of halogens is 1. The van der Waals surface area contributed by atoms with Gasteiger partial charge in [0, 0.05) is 23.7 Å². The monoisotopic (exact) mass is 383 g/mol. The number of amides is 1. The minimum absolute atomic E-state index is 0.0658. The summed E-state index contributed by atoms with van der Waals surface area (Å²) >= 11 is 6.03. The first kappa shape index (κ1) is 17.8. The molecule has 0 saturated heterocycles. The summed E-state index contributed by atoms with van der Waals surface area (Å²) in [5.74, 6) is 0.624. The first-order valence-electron chi connectivity index (χ1n) is 9.31. The predicted octanol–water partition coefficient (Wildman–Crippen LogP) is 4.06. The molecule has 1 saturated carbocycles. The number of hydrogen-bond donors (Lipinski definition) is 2. The Kier molecular flexibility index (Phi) is 5.25. The molecule has 1 aliphatic carbocycles. The van der Waals surface area contributed by atoms with Gasteiger partial charge in [-0.3, -0.25) is 4.79 Å². The van der Waals surface area contributed by atoms with Gasteiger partial charge in [0.2, 0.25) is 0 Å². The molecule has 0 atom stereocenters. The van der Waals surface area contributed by atoms with Crippen LogP contribution in [0.3, 0.4) is 0 Å². The van der Waals surface area contributed by atoms with E-state index in [0.717, 1.165) is 23.9 Å². The molecule has 0 unspecified atom stereocenters. The molecule has 3 aromatic rings. The molecule has 0 radical (unpaired) electrons. The lowest BCUT2D eigenvalue weighted by molar-refractivity contribution is 0.0929.